The van der Waals surface area contributed by atoms with Crippen LogP contribution in [0.3, 0.4) is 0 Å². The fraction of sp³-hybridized carbons (Fsp3) is 0.333. The van der Waals surface area contributed by atoms with Gasteiger partial charge in [0.1, 0.15) is 11.8 Å². The number of carbonyl (C=O) groups is 2. The molecule has 17 heavy (non-hydrogen) atoms. The van der Waals surface area contributed by atoms with Crippen LogP contribution >= 0.6 is 11.3 Å². The molecule has 0 amide bonds. The van der Waals surface area contributed by atoms with E-state index in [9.17, 15) is 9.59 Å². The molecule has 0 saturated heterocycles. The third kappa shape index (κ3) is 4.19. The zero-order chi connectivity index (χ0) is 12.8. The summed E-state index contributed by atoms with van der Waals surface area (Å²) in [5, 5.41) is 13.9. The van der Waals surface area contributed by atoms with Crippen LogP contribution < -0.4 is 5.73 Å². The SMILES string of the molecule is CC(CC(=O)O)ON=C(C=O)c1csc(N)n1. The van der Waals surface area contributed by atoms with Crippen molar-refractivity contribution in [2.75, 3.05) is 5.73 Å². The molecule has 1 atom stereocenters. The van der Waals surface area contributed by atoms with E-state index in [4.69, 9.17) is 15.7 Å². The first-order valence-electron chi connectivity index (χ1n) is 4.65. The monoisotopic (exact) mass is 257 g/mol. The quantitative estimate of drug-likeness (QED) is 0.436. The van der Waals surface area contributed by atoms with Gasteiger partial charge in [0, 0.05) is 5.38 Å². The average Bonchev–Trinajstić information content (AvgIpc) is 2.65. The topological polar surface area (TPSA) is 115 Å². The molecule has 92 valence electrons. The molecule has 0 aliphatic heterocycles. The number of thiazole rings is 1. The van der Waals surface area contributed by atoms with Crippen LogP contribution in [0.2, 0.25) is 0 Å². The lowest BCUT2D eigenvalue weighted by atomic mass is 10.3. The zero-order valence-electron chi connectivity index (χ0n) is 8.99. The molecule has 1 rings (SSSR count). The second kappa shape index (κ2) is 5.94. The number of anilines is 1. The van der Waals surface area contributed by atoms with Gasteiger partial charge in [-0.25, -0.2) is 4.98 Å². The summed E-state index contributed by atoms with van der Waals surface area (Å²) < 4.78 is 0. The first-order valence-corrected chi connectivity index (χ1v) is 5.53. The van der Waals surface area contributed by atoms with Gasteiger partial charge in [0.2, 0.25) is 0 Å². The molecule has 1 aromatic heterocycles. The third-order valence-electron chi connectivity index (χ3n) is 1.69. The fourth-order valence-electron chi connectivity index (χ4n) is 0.964. The normalized spacial score (nSPS) is 13.1. The van der Waals surface area contributed by atoms with E-state index in [0.29, 0.717) is 17.1 Å². The van der Waals surface area contributed by atoms with Crippen molar-refractivity contribution in [2.24, 2.45) is 5.16 Å². The summed E-state index contributed by atoms with van der Waals surface area (Å²) in [6.45, 7) is 1.54. The summed E-state index contributed by atoms with van der Waals surface area (Å²) in [5.41, 5.74) is 5.70. The van der Waals surface area contributed by atoms with Gasteiger partial charge in [0.05, 0.1) is 6.42 Å². The van der Waals surface area contributed by atoms with E-state index in [1.165, 1.54) is 18.3 Å². The molecule has 0 aromatic carbocycles. The molecular formula is C9H11N3O4S. The number of rotatable bonds is 6. The molecule has 0 saturated carbocycles. The summed E-state index contributed by atoms with van der Waals surface area (Å²) in [5.74, 6) is -1.00. The number of carboxylic acid groups (broad SMARTS) is 1. The Morgan fingerprint density at radius 3 is 3.00 bits per heavy atom. The minimum absolute atomic E-state index is 0.0183. The number of nitrogens with two attached hydrogens (primary N) is 1. The van der Waals surface area contributed by atoms with Crippen molar-refractivity contribution in [3.05, 3.63) is 11.1 Å². The Kier molecular flexibility index (Phi) is 4.58. The van der Waals surface area contributed by atoms with Crippen LogP contribution in [-0.2, 0) is 14.4 Å². The molecule has 1 heterocycles. The highest BCUT2D eigenvalue weighted by Gasteiger charge is 2.11. The number of nitrogens with zero attached hydrogens (tertiary/aromatic N) is 2. The average molecular weight is 257 g/mol. The maximum Gasteiger partial charge on any atom is 0.307 e. The number of hydrogen-bond acceptors (Lipinski definition) is 7. The molecule has 0 bridgehead atoms. The summed E-state index contributed by atoms with van der Waals surface area (Å²) in [6, 6.07) is 0. The number of aromatic nitrogens is 1. The predicted molar refractivity (Wildman–Crippen MR) is 61.9 cm³/mol. The maximum absolute atomic E-state index is 10.7. The standard InChI is InChI=1S/C9H11N3O4S/c1-5(2-8(14)15)16-12-6(3-13)7-4-17-9(10)11-7/h3-5H,2H2,1H3,(H2,10,11)(H,14,15). The Labute approximate surface area is 101 Å². The molecule has 3 N–H and O–H groups in total. The first-order chi connectivity index (χ1) is 8.02. The van der Waals surface area contributed by atoms with E-state index < -0.39 is 12.1 Å². The number of carbonyl (C=O) groups excluding carboxylic acids is 1. The van der Waals surface area contributed by atoms with Crippen molar-refractivity contribution in [3.8, 4) is 0 Å². The second-order valence-corrected chi connectivity index (χ2v) is 4.07. The summed E-state index contributed by atoms with van der Waals surface area (Å²) in [6.07, 6.45) is -0.352. The number of carboxylic acids is 1. The molecule has 0 aliphatic rings. The van der Waals surface area contributed by atoms with E-state index >= 15 is 0 Å². The Morgan fingerprint density at radius 2 is 2.53 bits per heavy atom. The van der Waals surface area contributed by atoms with Gasteiger partial charge < -0.3 is 15.7 Å². The largest absolute Gasteiger partial charge is 0.481 e. The predicted octanol–water partition coefficient (Wildman–Crippen LogP) is 0.508. The Balaban J connectivity index is 2.68. The van der Waals surface area contributed by atoms with Crippen molar-refractivity contribution >= 4 is 34.4 Å². The maximum atomic E-state index is 10.7. The van der Waals surface area contributed by atoms with Gasteiger partial charge in [-0.3, -0.25) is 9.59 Å². The molecular weight excluding hydrogens is 246 g/mol. The molecule has 0 spiro atoms. The van der Waals surface area contributed by atoms with E-state index in [1.54, 1.807) is 5.38 Å². The van der Waals surface area contributed by atoms with E-state index in [2.05, 4.69) is 10.1 Å². The van der Waals surface area contributed by atoms with Crippen molar-refractivity contribution in [1.82, 2.24) is 4.98 Å². The van der Waals surface area contributed by atoms with E-state index in [0.717, 1.165) is 0 Å². The van der Waals surface area contributed by atoms with Crippen LogP contribution in [0.4, 0.5) is 5.13 Å². The minimum atomic E-state index is -1.00. The Morgan fingerprint density at radius 1 is 1.82 bits per heavy atom. The highest BCUT2D eigenvalue weighted by molar-refractivity contribution is 7.13. The van der Waals surface area contributed by atoms with Gasteiger partial charge in [0.25, 0.3) is 0 Å². The van der Waals surface area contributed by atoms with Crippen LogP contribution in [0.15, 0.2) is 10.5 Å². The highest BCUT2D eigenvalue weighted by Crippen LogP contribution is 2.11. The van der Waals surface area contributed by atoms with Gasteiger partial charge in [-0.15, -0.1) is 11.3 Å². The Hall–Kier alpha value is -1.96. The van der Waals surface area contributed by atoms with Crippen LogP contribution in [0, 0.1) is 0 Å². The van der Waals surface area contributed by atoms with Gasteiger partial charge >= 0.3 is 5.97 Å². The third-order valence-corrected chi connectivity index (χ3v) is 2.36. The lowest BCUT2D eigenvalue weighted by Crippen LogP contribution is -2.13. The fourth-order valence-corrected chi connectivity index (χ4v) is 1.52. The van der Waals surface area contributed by atoms with Crippen molar-refractivity contribution in [3.63, 3.8) is 0 Å². The van der Waals surface area contributed by atoms with Crippen LogP contribution in [0.5, 0.6) is 0 Å². The highest BCUT2D eigenvalue weighted by atomic mass is 32.1. The second-order valence-electron chi connectivity index (χ2n) is 3.18. The number of nitrogen functional groups attached to an aromatic ring is 1. The lowest BCUT2D eigenvalue weighted by molar-refractivity contribution is -0.139. The smallest absolute Gasteiger partial charge is 0.307 e. The molecule has 0 radical (unpaired) electrons. The number of aldehydes is 1. The number of aliphatic carboxylic acids is 1. The molecule has 1 aromatic rings. The van der Waals surface area contributed by atoms with Crippen molar-refractivity contribution in [1.29, 1.82) is 0 Å². The molecule has 0 fully saturated rings. The molecule has 8 heteroatoms. The first kappa shape index (κ1) is 13.1. The van der Waals surface area contributed by atoms with Gasteiger partial charge in [0.15, 0.2) is 17.1 Å². The van der Waals surface area contributed by atoms with Crippen molar-refractivity contribution in [2.45, 2.75) is 19.4 Å². The van der Waals surface area contributed by atoms with Gasteiger partial charge in [-0.05, 0) is 6.92 Å². The zero-order valence-corrected chi connectivity index (χ0v) is 9.81. The minimum Gasteiger partial charge on any atom is -0.481 e. The molecule has 0 aliphatic carbocycles. The van der Waals surface area contributed by atoms with Crippen LogP contribution in [0.1, 0.15) is 19.0 Å². The lowest BCUT2D eigenvalue weighted by Gasteiger charge is -2.06. The Bertz CT molecular complexity index is 443. The van der Waals surface area contributed by atoms with E-state index in [-0.39, 0.29) is 12.1 Å². The van der Waals surface area contributed by atoms with Gasteiger partial charge in [-0.1, -0.05) is 5.16 Å². The summed E-state index contributed by atoms with van der Waals surface area (Å²) in [7, 11) is 0. The van der Waals surface area contributed by atoms with Crippen LogP contribution in [0.25, 0.3) is 0 Å². The van der Waals surface area contributed by atoms with Crippen LogP contribution in [-0.4, -0.2) is 34.2 Å². The summed E-state index contributed by atoms with van der Waals surface area (Å²) >= 11 is 1.17. The van der Waals surface area contributed by atoms with E-state index in [1.807, 2.05) is 0 Å². The summed E-state index contributed by atoms with van der Waals surface area (Å²) in [4.78, 5) is 29.8. The number of oxime groups is 1. The van der Waals surface area contributed by atoms with Gasteiger partial charge in [-0.2, -0.15) is 0 Å². The molecule has 7 nitrogen and oxygen atoms in total. The van der Waals surface area contributed by atoms with Crippen molar-refractivity contribution < 1.29 is 19.5 Å². The molecule has 1 unspecified atom stereocenters. The number of hydrogen-bond donors (Lipinski definition) is 2.